The Hall–Kier alpha value is -2.64. The smallest absolute Gasteiger partial charge is 0.260 e. The van der Waals surface area contributed by atoms with Crippen molar-refractivity contribution in [2.45, 2.75) is 20.5 Å². The second kappa shape index (κ2) is 8.00. The molecule has 0 spiro atoms. The molecule has 2 heterocycles. The first-order valence-corrected chi connectivity index (χ1v) is 10.6. The van der Waals surface area contributed by atoms with Crippen molar-refractivity contribution in [3.05, 3.63) is 73.3 Å². The normalized spacial score (nSPS) is 11.0. The number of ether oxygens (including phenoxy) is 2. The lowest BCUT2D eigenvalue weighted by Gasteiger charge is -2.14. The third-order valence-corrected chi connectivity index (χ3v) is 6.46. The minimum Gasteiger partial charge on any atom is -0.493 e. The molecule has 2 aromatic carbocycles. The first-order chi connectivity index (χ1) is 14.0. The van der Waals surface area contributed by atoms with Crippen molar-refractivity contribution in [1.29, 1.82) is 0 Å². The van der Waals surface area contributed by atoms with Crippen LogP contribution in [0.1, 0.15) is 16.0 Å². The fourth-order valence-electron chi connectivity index (χ4n) is 3.12. The maximum absolute atomic E-state index is 12.6. The Bertz CT molecular complexity index is 1250. The lowest BCUT2D eigenvalue weighted by molar-refractivity contribution is 0.282. The van der Waals surface area contributed by atoms with Crippen LogP contribution >= 0.6 is 27.3 Å². The summed E-state index contributed by atoms with van der Waals surface area (Å²) in [7, 11) is 1.59. The molecule has 0 aliphatic carbocycles. The van der Waals surface area contributed by atoms with Crippen LogP contribution in [0.2, 0.25) is 0 Å². The molecule has 29 heavy (non-hydrogen) atoms. The quantitative estimate of drug-likeness (QED) is 0.411. The third kappa shape index (κ3) is 3.80. The molecule has 7 heteroatoms. The van der Waals surface area contributed by atoms with E-state index in [-0.39, 0.29) is 5.56 Å². The van der Waals surface area contributed by atoms with Crippen LogP contribution in [0.25, 0.3) is 21.6 Å². The van der Waals surface area contributed by atoms with Crippen molar-refractivity contribution in [1.82, 2.24) is 9.97 Å². The average molecular weight is 471 g/mol. The van der Waals surface area contributed by atoms with Crippen LogP contribution < -0.4 is 15.0 Å². The Morgan fingerprint density at radius 2 is 1.93 bits per heavy atom. The molecule has 1 N–H and O–H groups in total. The Morgan fingerprint density at radius 1 is 1.17 bits per heavy atom. The van der Waals surface area contributed by atoms with E-state index in [4.69, 9.17) is 9.47 Å². The Balaban J connectivity index is 1.73. The standard InChI is InChI=1S/C22H19BrN2O3S/c1-12-13(2)29-22-18(12)21(26)24-20(25-22)15-9-16(23)19(17(10-15)27-3)28-11-14-7-5-4-6-8-14/h4-10H,11H2,1-3H3,(H,24,25,26). The molecule has 5 nitrogen and oxygen atoms in total. The predicted molar refractivity (Wildman–Crippen MR) is 120 cm³/mol. The molecule has 0 aliphatic heterocycles. The highest BCUT2D eigenvalue weighted by molar-refractivity contribution is 9.10. The number of aryl methyl sites for hydroxylation is 2. The highest BCUT2D eigenvalue weighted by atomic mass is 79.9. The summed E-state index contributed by atoms with van der Waals surface area (Å²) in [6.45, 7) is 4.37. The van der Waals surface area contributed by atoms with Crippen LogP contribution in [0.15, 0.2) is 51.7 Å². The van der Waals surface area contributed by atoms with E-state index >= 15 is 0 Å². The molecule has 0 radical (unpaired) electrons. The number of aromatic nitrogens is 2. The summed E-state index contributed by atoms with van der Waals surface area (Å²) in [6, 6.07) is 13.6. The fourth-order valence-corrected chi connectivity index (χ4v) is 4.70. The first-order valence-electron chi connectivity index (χ1n) is 9.02. The molecule has 0 bridgehead atoms. The molecule has 0 unspecified atom stereocenters. The zero-order chi connectivity index (χ0) is 20.5. The molecular weight excluding hydrogens is 452 g/mol. The number of halogens is 1. The van der Waals surface area contributed by atoms with Crippen molar-refractivity contribution in [3.8, 4) is 22.9 Å². The number of nitrogens with zero attached hydrogens (tertiary/aromatic N) is 1. The molecule has 0 atom stereocenters. The Morgan fingerprint density at radius 3 is 2.66 bits per heavy atom. The number of hydrogen-bond acceptors (Lipinski definition) is 5. The molecule has 0 fully saturated rings. The van der Waals surface area contributed by atoms with Gasteiger partial charge in [0, 0.05) is 10.4 Å². The first kappa shape index (κ1) is 19.7. The van der Waals surface area contributed by atoms with E-state index in [2.05, 4.69) is 25.9 Å². The van der Waals surface area contributed by atoms with E-state index in [1.165, 1.54) is 11.3 Å². The van der Waals surface area contributed by atoms with Crippen LogP contribution in [0.5, 0.6) is 11.5 Å². The minimum atomic E-state index is -0.133. The summed E-state index contributed by atoms with van der Waals surface area (Å²) >= 11 is 5.10. The van der Waals surface area contributed by atoms with Gasteiger partial charge in [-0.2, -0.15) is 0 Å². The number of aromatic amines is 1. The van der Waals surface area contributed by atoms with E-state index in [0.717, 1.165) is 30.9 Å². The minimum absolute atomic E-state index is 0.133. The van der Waals surface area contributed by atoms with Crippen LogP contribution in [0.3, 0.4) is 0 Å². The Labute approximate surface area is 180 Å². The third-order valence-electron chi connectivity index (χ3n) is 4.77. The SMILES string of the molecule is COc1cc(-c2nc3sc(C)c(C)c3c(=O)[nH]2)cc(Br)c1OCc1ccccc1. The number of thiophene rings is 1. The summed E-state index contributed by atoms with van der Waals surface area (Å²) in [6.07, 6.45) is 0. The van der Waals surface area contributed by atoms with Crippen LogP contribution in [0.4, 0.5) is 0 Å². The van der Waals surface area contributed by atoms with Crippen molar-refractivity contribution >= 4 is 37.5 Å². The number of benzene rings is 2. The zero-order valence-corrected chi connectivity index (χ0v) is 18.6. The summed E-state index contributed by atoms with van der Waals surface area (Å²) in [5.74, 6) is 1.66. The summed E-state index contributed by atoms with van der Waals surface area (Å²) in [5.41, 5.74) is 2.65. The van der Waals surface area contributed by atoms with Gasteiger partial charge < -0.3 is 14.5 Å². The summed E-state index contributed by atoms with van der Waals surface area (Å²) < 4.78 is 12.3. The number of H-pyrrole nitrogens is 1. The number of methoxy groups -OCH3 is 1. The number of fused-ring (bicyclic) bond motifs is 1. The van der Waals surface area contributed by atoms with Crippen LogP contribution in [0, 0.1) is 13.8 Å². The molecule has 0 saturated carbocycles. The van der Waals surface area contributed by atoms with E-state index < -0.39 is 0 Å². The van der Waals surface area contributed by atoms with Gasteiger partial charge in [0.25, 0.3) is 5.56 Å². The number of nitrogens with one attached hydrogen (secondary N) is 1. The molecular formula is C22H19BrN2O3S. The van der Waals surface area contributed by atoms with Gasteiger partial charge >= 0.3 is 0 Å². The topological polar surface area (TPSA) is 64.2 Å². The van der Waals surface area contributed by atoms with E-state index in [1.807, 2.05) is 56.3 Å². The van der Waals surface area contributed by atoms with Crippen molar-refractivity contribution in [2.24, 2.45) is 0 Å². The number of rotatable bonds is 5. The predicted octanol–water partition coefficient (Wildman–Crippen LogP) is 5.62. The lowest BCUT2D eigenvalue weighted by atomic mass is 10.1. The van der Waals surface area contributed by atoms with Crippen LogP contribution in [-0.2, 0) is 6.61 Å². The van der Waals surface area contributed by atoms with E-state index in [1.54, 1.807) is 7.11 Å². The van der Waals surface area contributed by atoms with Gasteiger partial charge in [-0.15, -0.1) is 11.3 Å². The van der Waals surface area contributed by atoms with E-state index in [0.29, 0.717) is 29.3 Å². The molecule has 0 saturated heterocycles. The maximum Gasteiger partial charge on any atom is 0.260 e. The van der Waals surface area contributed by atoms with Gasteiger partial charge in [-0.25, -0.2) is 4.98 Å². The summed E-state index contributed by atoms with van der Waals surface area (Å²) in [4.78, 5) is 22.0. The highest BCUT2D eigenvalue weighted by Gasteiger charge is 2.17. The second-order valence-corrected chi connectivity index (χ2v) is 8.70. The highest BCUT2D eigenvalue weighted by Crippen LogP contribution is 2.39. The van der Waals surface area contributed by atoms with Gasteiger partial charge in [0.15, 0.2) is 11.5 Å². The lowest BCUT2D eigenvalue weighted by Crippen LogP contribution is -2.09. The van der Waals surface area contributed by atoms with Crippen molar-refractivity contribution in [2.75, 3.05) is 7.11 Å². The molecule has 4 aromatic rings. The van der Waals surface area contributed by atoms with Crippen molar-refractivity contribution < 1.29 is 9.47 Å². The molecule has 148 valence electrons. The van der Waals surface area contributed by atoms with Crippen molar-refractivity contribution in [3.63, 3.8) is 0 Å². The van der Waals surface area contributed by atoms with Crippen LogP contribution in [-0.4, -0.2) is 17.1 Å². The van der Waals surface area contributed by atoms with E-state index in [9.17, 15) is 4.79 Å². The maximum atomic E-state index is 12.6. The van der Waals surface area contributed by atoms with Gasteiger partial charge in [0.1, 0.15) is 17.3 Å². The Kier molecular flexibility index (Phi) is 5.43. The molecule has 0 amide bonds. The number of hydrogen-bond donors (Lipinski definition) is 1. The van der Waals surface area contributed by atoms with Gasteiger partial charge in [-0.1, -0.05) is 30.3 Å². The molecule has 4 rings (SSSR count). The zero-order valence-electron chi connectivity index (χ0n) is 16.2. The largest absolute Gasteiger partial charge is 0.493 e. The van der Waals surface area contributed by atoms with Gasteiger partial charge in [-0.3, -0.25) is 4.79 Å². The van der Waals surface area contributed by atoms with Gasteiger partial charge in [-0.05, 0) is 53.0 Å². The van der Waals surface area contributed by atoms with Gasteiger partial charge in [0.05, 0.1) is 17.0 Å². The molecule has 0 aliphatic rings. The van der Waals surface area contributed by atoms with Gasteiger partial charge in [0.2, 0.25) is 0 Å². The summed E-state index contributed by atoms with van der Waals surface area (Å²) in [5, 5.41) is 0.657. The second-order valence-electron chi connectivity index (χ2n) is 6.64. The average Bonchev–Trinajstić information content (AvgIpc) is 3.01. The monoisotopic (exact) mass is 470 g/mol. The fraction of sp³-hybridized carbons (Fsp3) is 0.182. The molecule has 2 aromatic heterocycles.